The van der Waals surface area contributed by atoms with Gasteiger partial charge in [-0.2, -0.15) is 0 Å². The molecule has 1 heterocycles. The molecule has 8 heteroatoms. The van der Waals surface area contributed by atoms with Crippen LogP contribution in [-0.2, 0) is 14.3 Å². The first-order valence-corrected chi connectivity index (χ1v) is 17.3. The molecule has 6 rings (SSSR count). The lowest BCUT2D eigenvalue weighted by Gasteiger charge is -2.72. The maximum Gasteiger partial charge on any atom is 0.314 e. The summed E-state index contributed by atoms with van der Waals surface area (Å²) in [5, 5.41) is 52.0. The summed E-state index contributed by atoms with van der Waals surface area (Å²) in [6, 6.07) is 0. The predicted molar refractivity (Wildman–Crippen MR) is 165 cm³/mol. The highest BCUT2D eigenvalue weighted by Crippen LogP contribution is 2.77. The molecular weight excluding hydrogens is 560 g/mol. The van der Waals surface area contributed by atoms with Crippen LogP contribution in [0, 0.1) is 56.7 Å². The van der Waals surface area contributed by atoms with Crippen LogP contribution in [0.2, 0.25) is 0 Å². The summed E-state index contributed by atoms with van der Waals surface area (Å²) in [4.78, 5) is 14.4. The largest absolute Gasteiger partial charge is 0.432 e. The van der Waals surface area contributed by atoms with E-state index in [1.807, 2.05) is 0 Å². The van der Waals surface area contributed by atoms with E-state index < -0.39 is 48.7 Å². The second-order valence-electron chi connectivity index (χ2n) is 17.3. The highest BCUT2D eigenvalue weighted by molar-refractivity contribution is 5.78. The average Bonchev–Trinajstić information content (AvgIpc) is 3.37. The van der Waals surface area contributed by atoms with Crippen molar-refractivity contribution in [1.82, 2.24) is 0 Å². The molecule has 6 fully saturated rings. The minimum absolute atomic E-state index is 0.0275. The molecule has 5 N–H and O–H groups in total. The number of ether oxygens (including phenoxy) is 2. The summed E-state index contributed by atoms with van der Waals surface area (Å²) in [6.07, 6.45) is 1.96. The van der Waals surface area contributed by atoms with Crippen molar-refractivity contribution in [1.29, 1.82) is 0 Å². The van der Waals surface area contributed by atoms with Gasteiger partial charge in [0.15, 0.2) is 0 Å². The molecule has 11 unspecified atom stereocenters. The van der Waals surface area contributed by atoms with Crippen LogP contribution in [0.25, 0.3) is 0 Å². The second-order valence-corrected chi connectivity index (χ2v) is 17.3. The van der Waals surface area contributed by atoms with Crippen molar-refractivity contribution in [2.75, 3.05) is 6.61 Å². The molecule has 1 aliphatic heterocycles. The van der Waals surface area contributed by atoms with Crippen LogP contribution in [-0.4, -0.2) is 74.9 Å². The number of carbonyl (C=O) groups excluding carboxylic acids is 1. The minimum Gasteiger partial charge on any atom is -0.432 e. The van der Waals surface area contributed by atoms with E-state index in [0.29, 0.717) is 30.6 Å². The Morgan fingerprint density at radius 1 is 0.818 bits per heavy atom. The average molecular weight is 619 g/mol. The zero-order chi connectivity index (χ0) is 32.2. The zero-order valence-corrected chi connectivity index (χ0v) is 27.8. The Labute approximate surface area is 263 Å². The van der Waals surface area contributed by atoms with Gasteiger partial charge in [-0.3, -0.25) is 4.79 Å². The topological polar surface area (TPSA) is 137 Å². The van der Waals surface area contributed by atoms with Gasteiger partial charge >= 0.3 is 5.97 Å². The fourth-order valence-corrected chi connectivity index (χ4v) is 12.9. The summed E-state index contributed by atoms with van der Waals surface area (Å²) >= 11 is 0. The Balaban J connectivity index is 1.33. The molecular formula is C36H58O8. The quantitative estimate of drug-likeness (QED) is 0.232. The van der Waals surface area contributed by atoms with Gasteiger partial charge < -0.3 is 35.0 Å². The van der Waals surface area contributed by atoms with Gasteiger partial charge in [-0.25, -0.2) is 0 Å². The third kappa shape index (κ3) is 4.26. The normalized spacial score (nSPS) is 54.8. The monoisotopic (exact) mass is 618 g/mol. The van der Waals surface area contributed by atoms with Crippen LogP contribution in [0.4, 0.5) is 0 Å². The van der Waals surface area contributed by atoms with Gasteiger partial charge in [0, 0.05) is 0 Å². The van der Waals surface area contributed by atoms with Crippen molar-refractivity contribution in [3.05, 3.63) is 12.2 Å². The fraction of sp³-hybridized carbons (Fsp3) is 0.917. The molecule has 5 aliphatic carbocycles. The van der Waals surface area contributed by atoms with Crippen molar-refractivity contribution in [3.8, 4) is 0 Å². The van der Waals surface area contributed by atoms with Crippen molar-refractivity contribution in [3.63, 3.8) is 0 Å². The van der Waals surface area contributed by atoms with E-state index in [4.69, 9.17) is 9.47 Å². The Morgan fingerprint density at radius 3 is 2.18 bits per heavy atom. The minimum atomic E-state index is -1.61. The number of esters is 1. The van der Waals surface area contributed by atoms with E-state index in [0.717, 1.165) is 56.9 Å². The number of rotatable bonds is 4. The Morgan fingerprint density at radius 2 is 1.52 bits per heavy atom. The Bertz CT molecular complexity index is 1150. The number of hydrogen-bond acceptors (Lipinski definition) is 8. The summed E-state index contributed by atoms with van der Waals surface area (Å²) in [5.74, 6) is 1.21. The molecule has 0 aromatic carbocycles. The third-order valence-corrected chi connectivity index (χ3v) is 15.5. The molecule has 0 amide bonds. The van der Waals surface area contributed by atoms with Gasteiger partial charge in [-0.1, -0.05) is 46.8 Å². The van der Waals surface area contributed by atoms with Crippen LogP contribution >= 0.6 is 0 Å². The van der Waals surface area contributed by atoms with E-state index in [9.17, 15) is 30.3 Å². The lowest BCUT2D eigenvalue weighted by molar-refractivity contribution is -0.299. The number of hydrogen-bond donors (Lipinski definition) is 5. The van der Waals surface area contributed by atoms with Crippen molar-refractivity contribution < 1.29 is 39.8 Å². The fourth-order valence-electron chi connectivity index (χ4n) is 12.9. The molecule has 44 heavy (non-hydrogen) atoms. The number of aliphatic hydroxyl groups is 5. The summed E-state index contributed by atoms with van der Waals surface area (Å²) in [7, 11) is 0. The first kappa shape index (κ1) is 32.9. The van der Waals surface area contributed by atoms with Crippen LogP contribution in [0.3, 0.4) is 0 Å². The molecule has 15 atom stereocenters. The van der Waals surface area contributed by atoms with Crippen LogP contribution in [0.15, 0.2) is 12.2 Å². The van der Waals surface area contributed by atoms with E-state index in [1.165, 1.54) is 0 Å². The van der Waals surface area contributed by atoms with Gasteiger partial charge in [0.25, 0.3) is 0 Å². The zero-order valence-electron chi connectivity index (χ0n) is 27.8. The SMILES string of the molecule is C=C(C)C1CCC2(C(=O)OC3O[C@@H](CO)[C@@H](O)[C@@H](O)[C@@H]3O)CCC3(C)C(CCC4C5(C)CCC(O)C(C)(C)C5CCC43C)C12. The van der Waals surface area contributed by atoms with Gasteiger partial charge in [-0.15, -0.1) is 0 Å². The molecule has 5 saturated carbocycles. The maximum absolute atomic E-state index is 14.4. The predicted octanol–water partition coefficient (Wildman–Crippen LogP) is 4.35. The third-order valence-electron chi connectivity index (χ3n) is 15.5. The van der Waals surface area contributed by atoms with Crippen molar-refractivity contribution in [2.45, 2.75) is 143 Å². The molecule has 8 nitrogen and oxygen atoms in total. The Kier molecular flexibility index (Phi) is 8.03. The number of carbonyl (C=O) groups is 1. The van der Waals surface area contributed by atoms with Crippen molar-refractivity contribution >= 4 is 5.97 Å². The van der Waals surface area contributed by atoms with Crippen molar-refractivity contribution in [2.24, 2.45) is 56.7 Å². The lowest BCUT2D eigenvalue weighted by Crippen LogP contribution is -2.67. The second kappa shape index (κ2) is 10.7. The summed E-state index contributed by atoms with van der Waals surface area (Å²) < 4.78 is 11.6. The molecule has 1 saturated heterocycles. The number of aliphatic hydroxyl groups excluding tert-OH is 5. The first-order chi connectivity index (χ1) is 20.5. The summed E-state index contributed by atoms with van der Waals surface area (Å²) in [6.45, 7) is 18.1. The molecule has 0 aromatic heterocycles. The summed E-state index contributed by atoms with van der Waals surface area (Å²) in [5.41, 5.74) is 0.568. The van der Waals surface area contributed by atoms with E-state index in [1.54, 1.807) is 0 Å². The number of allylic oxidation sites excluding steroid dienone is 1. The lowest BCUT2D eigenvalue weighted by atomic mass is 9.32. The molecule has 0 bridgehead atoms. The highest BCUT2D eigenvalue weighted by Gasteiger charge is 2.72. The molecule has 250 valence electrons. The van der Waals surface area contributed by atoms with Gasteiger partial charge in [0.1, 0.15) is 24.4 Å². The molecule has 6 aliphatic rings. The molecule has 0 radical (unpaired) electrons. The Hall–Kier alpha value is -1.03. The number of fused-ring (bicyclic) bond motifs is 7. The smallest absolute Gasteiger partial charge is 0.314 e. The van der Waals surface area contributed by atoms with E-state index in [-0.39, 0.29) is 39.6 Å². The van der Waals surface area contributed by atoms with Gasteiger partial charge in [-0.05, 0) is 122 Å². The van der Waals surface area contributed by atoms with Crippen LogP contribution < -0.4 is 0 Å². The highest BCUT2D eigenvalue weighted by atomic mass is 16.7. The van der Waals surface area contributed by atoms with Crippen LogP contribution in [0.5, 0.6) is 0 Å². The molecule has 0 spiro atoms. The first-order valence-electron chi connectivity index (χ1n) is 17.3. The molecule has 0 aromatic rings. The maximum atomic E-state index is 14.4. The van der Waals surface area contributed by atoms with Gasteiger partial charge in [0.05, 0.1) is 18.1 Å². The standard InChI is InChI=1S/C36H58O8/c1-19(2)20-10-15-36(31(42)44-30-29(41)28(40)27(39)22(18-37)43-30)17-16-34(6)21(26(20)36)8-9-24-33(5)13-12-25(38)32(3,4)23(33)11-14-35(24,34)7/h20-30,37-41H,1,8-18H2,2-7H3/t20?,21?,22-,23?,24?,25?,26?,27+,28+,29-,30?,33?,34?,35?,36?/m0/s1. The van der Waals surface area contributed by atoms with E-state index >= 15 is 0 Å². The van der Waals surface area contributed by atoms with Crippen LogP contribution in [0.1, 0.15) is 106 Å². The van der Waals surface area contributed by atoms with E-state index in [2.05, 4.69) is 48.1 Å². The van der Waals surface area contributed by atoms with Gasteiger partial charge in [0.2, 0.25) is 6.29 Å².